The Morgan fingerprint density at radius 2 is 2.00 bits per heavy atom. The first-order chi connectivity index (χ1) is 9.69. The van der Waals surface area contributed by atoms with E-state index in [1.54, 1.807) is 0 Å². The first-order valence-electron chi connectivity index (χ1n) is 7.12. The largest absolute Gasteiger partial charge is 0.367 e. The predicted molar refractivity (Wildman–Crippen MR) is 81.8 cm³/mol. The molecule has 0 radical (unpaired) electrons. The highest BCUT2D eigenvalue weighted by Crippen LogP contribution is 2.16. The molecule has 0 amide bonds. The van der Waals surface area contributed by atoms with Crippen molar-refractivity contribution >= 4 is 5.69 Å². The zero-order valence-electron chi connectivity index (χ0n) is 12.5. The third-order valence-electron chi connectivity index (χ3n) is 3.21. The standard InChI is InChI=1S/C16H23N3O/c1-4-9-17-11-14-10-16(20-18-14)12-19(3)15-7-5-13(2)6-8-15/h5-8,10,17H,4,9,11-12H2,1-3H3. The fourth-order valence-electron chi connectivity index (χ4n) is 2.03. The van der Waals surface area contributed by atoms with Crippen molar-refractivity contribution in [2.24, 2.45) is 0 Å². The van der Waals surface area contributed by atoms with E-state index in [0.717, 1.165) is 37.5 Å². The fourth-order valence-corrected chi connectivity index (χ4v) is 2.03. The second kappa shape index (κ2) is 7.10. The minimum Gasteiger partial charge on any atom is -0.367 e. The number of aromatic nitrogens is 1. The van der Waals surface area contributed by atoms with E-state index in [0.29, 0.717) is 0 Å². The van der Waals surface area contributed by atoms with Crippen LogP contribution in [0, 0.1) is 6.92 Å². The maximum Gasteiger partial charge on any atom is 0.156 e. The Labute approximate surface area is 120 Å². The van der Waals surface area contributed by atoms with Crippen LogP contribution in [0.15, 0.2) is 34.9 Å². The van der Waals surface area contributed by atoms with Crippen molar-refractivity contribution in [3.63, 3.8) is 0 Å². The number of anilines is 1. The highest BCUT2D eigenvalue weighted by atomic mass is 16.5. The first kappa shape index (κ1) is 14.6. The van der Waals surface area contributed by atoms with Crippen LogP contribution >= 0.6 is 0 Å². The smallest absolute Gasteiger partial charge is 0.156 e. The number of aryl methyl sites for hydroxylation is 1. The fraction of sp³-hybridized carbons (Fsp3) is 0.438. The molecule has 0 saturated heterocycles. The van der Waals surface area contributed by atoms with E-state index >= 15 is 0 Å². The van der Waals surface area contributed by atoms with Gasteiger partial charge in [0, 0.05) is 25.3 Å². The molecule has 0 fully saturated rings. The van der Waals surface area contributed by atoms with Gasteiger partial charge in [-0.25, -0.2) is 0 Å². The SMILES string of the molecule is CCCNCc1cc(CN(C)c2ccc(C)cc2)on1. The Bertz CT molecular complexity index is 519. The summed E-state index contributed by atoms with van der Waals surface area (Å²) >= 11 is 0. The van der Waals surface area contributed by atoms with E-state index in [9.17, 15) is 0 Å². The lowest BCUT2D eigenvalue weighted by atomic mass is 10.2. The minimum absolute atomic E-state index is 0.726. The van der Waals surface area contributed by atoms with Gasteiger partial charge in [-0.1, -0.05) is 29.8 Å². The minimum atomic E-state index is 0.726. The second-order valence-electron chi connectivity index (χ2n) is 5.15. The van der Waals surface area contributed by atoms with Crippen LogP contribution < -0.4 is 10.2 Å². The van der Waals surface area contributed by atoms with Gasteiger partial charge in [0.05, 0.1) is 12.2 Å². The second-order valence-corrected chi connectivity index (χ2v) is 5.15. The van der Waals surface area contributed by atoms with E-state index in [1.807, 2.05) is 6.07 Å². The molecule has 0 atom stereocenters. The van der Waals surface area contributed by atoms with Crippen LogP contribution in [0.3, 0.4) is 0 Å². The lowest BCUT2D eigenvalue weighted by Crippen LogP contribution is -2.16. The van der Waals surface area contributed by atoms with Crippen molar-refractivity contribution in [2.75, 3.05) is 18.5 Å². The molecule has 108 valence electrons. The normalized spacial score (nSPS) is 10.8. The van der Waals surface area contributed by atoms with Crippen LogP contribution in [0.1, 0.15) is 30.4 Å². The first-order valence-corrected chi connectivity index (χ1v) is 7.12. The van der Waals surface area contributed by atoms with E-state index in [2.05, 4.69) is 60.5 Å². The van der Waals surface area contributed by atoms with Gasteiger partial charge in [0.15, 0.2) is 5.76 Å². The molecule has 1 aromatic carbocycles. The molecule has 2 rings (SSSR count). The third kappa shape index (κ3) is 4.10. The summed E-state index contributed by atoms with van der Waals surface area (Å²) in [5.41, 5.74) is 3.41. The summed E-state index contributed by atoms with van der Waals surface area (Å²) in [6.45, 7) is 6.74. The molecule has 1 N–H and O–H groups in total. The Hall–Kier alpha value is -1.81. The molecule has 0 spiro atoms. The predicted octanol–water partition coefficient (Wildman–Crippen LogP) is 3.12. The molecule has 0 aliphatic carbocycles. The lowest BCUT2D eigenvalue weighted by molar-refractivity contribution is 0.375. The van der Waals surface area contributed by atoms with Crippen LogP contribution in [0.5, 0.6) is 0 Å². The molecule has 0 unspecified atom stereocenters. The summed E-state index contributed by atoms with van der Waals surface area (Å²) in [4.78, 5) is 2.16. The molecule has 0 aliphatic heterocycles. The van der Waals surface area contributed by atoms with Crippen LogP contribution in [0.25, 0.3) is 0 Å². The van der Waals surface area contributed by atoms with Gasteiger partial charge in [-0.2, -0.15) is 0 Å². The monoisotopic (exact) mass is 273 g/mol. The van der Waals surface area contributed by atoms with Crippen LogP contribution in [-0.2, 0) is 13.1 Å². The van der Waals surface area contributed by atoms with Crippen LogP contribution in [-0.4, -0.2) is 18.7 Å². The van der Waals surface area contributed by atoms with Gasteiger partial charge in [0.2, 0.25) is 0 Å². The number of nitrogens with one attached hydrogen (secondary N) is 1. The van der Waals surface area contributed by atoms with E-state index in [-0.39, 0.29) is 0 Å². The molecule has 20 heavy (non-hydrogen) atoms. The van der Waals surface area contributed by atoms with Crippen LogP contribution in [0.2, 0.25) is 0 Å². The maximum absolute atomic E-state index is 5.38. The summed E-state index contributed by atoms with van der Waals surface area (Å²) in [5.74, 6) is 0.890. The Kier molecular flexibility index (Phi) is 5.18. The average molecular weight is 273 g/mol. The van der Waals surface area contributed by atoms with Gasteiger partial charge in [0.1, 0.15) is 0 Å². The topological polar surface area (TPSA) is 41.3 Å². The van der Waals surface area contributed by atoms with Crippen molar-refractivity contribution in [1.82, 2.24) is 10.5 Å². The molecule has 1 aromatic heterocycles. The van der Waals surface area contributed by atoms with E-state index in [1.165, 1.54) is 11.3 Å². The summed E-state index contributed by atoms with van der Waals surface area (Å²) in [5, 5.41) is 7.40. The quantitative estimate of drug-likeness (QED) is 0.787. The summed E-state index contributed by atoms with van der Waals surface area (Å²) < 4.78 is 5.38. The molecule has 0 bridgehead atoms. The third-order valence-corrected chi connectivity index (χ3v) is 3.21. The Balaban J connectivity index is 1.91. The summed E-state index contributed by atoms with van der Waals surface area (Å²) in [6, 6.07) is 10.5. The molecule has 4 nitrogen and oxygen atoms in total. The molecular formula is C16H23N3O. The summed E-state index contributed by atoms with van der Waals surface area (Å²) in [7, 11) is 2.06. The molecule has 1 heterocycles. The molecule has 2 aromatic rings. The van der Waals surface area contributed by atoms with Crippen molar-refractivity contribution in [3.05, 3.63) is 47.3 Å². The van der Waals surface area contributed by atoms with Gasteiger partial charge in [-0.15, -0.1) is 0 Å². The number of benzene rings is 1. The number of hydrogen-bond acceptors (Lipinski definition) is 4. The van der Waals surface area contributed by atoms with Crippen molar-refractivity contribution in [3.8, 4) is 0 Å². The summed E-state index contributed by atoms with van der Waals surface area (Å²) in [6.07, 6.45) is 1.13. The number of nitrogens with zero attached hydrogens (tertiary/aromatic N) is 2. The molecular weight excluding hydrogens is 250 g/mol. The number of hydrogen-bond donors (Lipinski definition) is 1. The van der Waals surface area contributed by atoms with Gasteiger partial charge < -0.3 is 14.7 Å². The highest BCUT2D eigenvalue weighted by Gasteiger charge is 2.07. The van der Waals surface area contributed by atoms with Crippen LogP contribution in [0.4, 0.5) is 5.69 Å². The van der Waals surface area contributed by atoms with Crippen molar-refractivity contribution < 1.29 is 4.52 Å². The molecule has 0 saturated carbocycles. The lowest BCUT2D eigenvalue weighted by Gasteiger charge is -2.17. The zero-order valence-corrected chi connectivity index (χ0v) is 12.5. The highest BCUT2D eigenvalue weighted by molar-refractivity contribution is 5.46. The van der Waals surface area contributed by atoms with E-state index in [4.69, 9.17) is 4.52 Å². The number of rotatable bonds is 7. The van der Waals surface area contributed by atoms with Gasteiger partial charge >= 0.3 is 0 Å². The van der Waals surface area contributed by atoms with Crippen molar-refractivity contribution in [1.29, 1.82) is 0 Å². The molecule has 0 aliphatic rings. The zero-order chi connectivity index (χ0) is 14.4. The van der Waals surface area contributed by atoms with Crippen molar-refractivity contribution in [2.45, 2.75) is 33.4 Å². The molecule has 4 heteroatoms. The Morgan fingerprint density at radius 1 is 1.25 bits per heavy atom. The van der Waals surface area contributed by atoms with Gasteiger partial charge in [0.25, 0.3) is 0 Å². The average Bonchev–Trinajstić information content (AvgIpc) is 2.87. The maximum atomic E-state index is 5.38. The van der Waals surface area contributed by atoms with E-state index < -0.39 is 0 Å². The van der Waals surface area contributed by atoms with Gasteiger partial charge in [-0.05, 0) is 32.0 Å². The Morgan fingerprint density at radius 3 is 2.70 bits per heavy atom. The van der Waals surface area contributed by atoms with Gasteiger partial charge in [-0.3, -0.25) is 0 Å².